The second-order valence-electron chi connectivity index (χ2n) is 5.41. The van der Waals surface area contributed by atoms with E-state index < -0.39 is 11.9 Å². The van der Waals surface area contributed by atoms with Crippen LogP contribution in [0.25, 0.3) is 0 Å². The number of hydrogen-bond acceptors (Lipinski definition) is 4. The van der Waals surface area contributed by atoms with Crippen LogP contribution in [0.15, 0.2) is 42.9 Å². The Morgan fingerprint density at radius 1 is 1.19 bits per heavy atom. The topological polar surface area (TPSA) is 102 Å². The Balaban J connectivity index is 1.65. The molecule has 2 N–H and O–H groups in total. The molecule has 0 radical (unpaired) electrons. The van der Waals surface area contributed by atoms with Crippen molar-refractivity contribution in [1.29, 1.82) is 0 Å². The maximum atomic E-state index is 12.2. The Bertz CT molecular complexity index is 966. The highest BCUT2D eigenvalue weighted by Gasteiger charge is 2.12. The average Bonchev–Trinajstić information content (AvgIpc) is 3.19. The molecule has 10 heteroatoms. The van der Waals surface area contributed by atoms with Gasteiger partial charge in [0, 0.05) is 22.4 Å². The van der Waals surface area contributed by atoms with Gasteiger partial charge in [-0.05, 0) is 23.8 Å². The number of nitrogens with zero attached hydrogens (tertiary/aromatic N) is 4. The van der Waals surface area contributed by atoms with Crippen molar-refractivity contribution in [1.82, 2.24) is 19.6 Å². The van der Waals surface area contributed by atoms with Crippen molar-refractivity contribution < 1.29 is 14.7 Å². The molecule has 0 atom stereocenters. The highest BCUT2D eigenvalue weighted by molar-refractivity contribution is 6.35. The van der Waals surface area contributed by atoms with Gasteiger partial charge in [-0.2, -0.15) is 10.2 Å². The molecule has 0 spiro atoms. The van der Waals surface area contributed by atoms with Crippen LogP contribution in [-0.4, -0.2) is 36.5 Å². The summed E-state index contributed by atoms with van der Waals surface area (Å²) in [6.07, 6.45) is 4.57. The molecule has 2 aromatic heterocycles. The highest BCUT2D eigenvalue weighted by Crippen LogP contribution is 2.22. The molecule has 0 unspecified atom stereocenters. The van der Waals surface area contributed by atoms with Gasteiger partial charge in [-0.15, -0.1) is 0 Å². The number of aromatic nitrogens is 4. The summed E-state index contributed by atoms with van der Waals surface area (Å²) >= 11 is 12.0. The Labute approximate surface area is 157 Å². The standard InChI is InChI=1S/C16H13Cl2N5O3/c17-11-2-1-10(13(18)5-11)7-23-8-12(6-19-23)20-16(26)14-3-4-22(21-14)9-15(24)25/h1-6,8H,7,9H2,(H,20,26)(H,24,25). The number of benzene rings is 1. The second kappa shape index (κ2) is 7.59. The summed E-state index contributed by atoms with van der Waals surface area (Å²) in [5, 5.41) is 20.5. The van der Waals surface area contributed by atoms with Gasteiger partial charge in [0.05, 0.1) is 18.4 Å². The fraction of sp³-hybridized carbons (Fsp3) is 0.125. The van der Waals surface area contributed by atoms with E-state index >= 15 is 0 Å². The third kappa shape index (κ3) is 4.41. The van der Waals surface area contributed by atoms with Gasteiger partial charge < -0.3 is 10.4 Å². The molecule has 0 saturated heterocycles. The fourth-order valence-electron chi connectivity index (χ4n) is 2.24. The summed E-state index contributed by atoms with van der Waals surface area (Å²) < 4.78 is 2.79. The Morgan fingerprint density at radius 3 is 2.73 bits per heavy atom. The van der Waals surface area contributed by atoms with Gasteiger partial charge in [-0.3, -0.25) is 19.0 Å². The zero-order valence-corrected chi connectivity index (χ0v) is 14.8. The lowest BCUT2D eigenvalue weighted by Gasteiger charge is -2.05. The van der Waals surface area contributed by atoms with E-state index in [1.165, 1.54) is 23.1 Å². The largest absolute Gasteiger partial charge is 0.480 e. The number of anilines is 1. The average molecular weight is 394 g/mol. The maximum Gasteiger partial charge on any atom is 0.325 e. The molecular weight excluding hydrogens is 381 g/mol. The first kappa shape index (κ1) is 18.0. The molecule has 134 valence electrons. The Morgan fingerprint density at radius 2 is 2.00 bits per heavy atom. The van der Waals surface area contributed by atoms with Crippen molar-refractivity contribution in [2.75, 3.05) is 5.32 Å². The molecule has 2 heterocycles. The molecule has 0 aliphatic carbocycles. The second-order valence-corrected chi connectivity index (χ2v) is 6.25. The van der Waals surface area contributed by atoms with Crippen molar-refractivity contribution in [2.24, 2.45) is 0 Å². The van der Waals surface area contributed by atoms with E-state index in [-0.39, 0.29) is 12.2 Å². The van der Waals surface area contributed by atoms with Crippen LogP contribution in [0.2, 0.25) is 10.0 Å². The normalized spacial score (nSPS) is 10.7. The van der Waals surface area contributed by atoms with E-state index in [0.717, 1.165) is 5.56 Å². The summed E-state index contributed by atoms with van der Waals surface area (Å²) in [6.45, 7) is 0.103. The number of halogens is 2. The number of nitrogens with one attached hydrogen (secondary N) is 1. The highest BCUT2D eigenvalue weighted by atomic mass is 35.5. The van der Waals surface area contributed by atoms with Crippen molar-refractivity contribution in [2.45, 2.75) is 13.1 Å². The van der Waals surface area contributed by atoms with Gasteiger partial charge in [0.25, 0.3) is 5.91 Å². The summed E-state index contributed by atoms with van der Waals surface area (Å²) in [7, 11) is 0. The van der Waals surface area contributed by atoms with Crippen LogP contribution in [0.5, 0.6) is 0 Å². The zero-order chi connectivity index (χ0) is 18.7. The first-order valence-corrected chi connectivity index (χ1v) is 8.19. The summed E-state index contributed by atoms with van der Waals surface area (Å²) in [5.74, 6) is -1.50. The minimum Gasteiger partial charge on any atom is -0.480 e. The van der Waals surface area contributed by atoms with Crippen LogP contribution in [0.1, 0.15) is 16.1 Å². The minimum atomic E-state index is -1.04. The maximum absolute atomic E-state index is 12.2. The third-order valence-electron chi connectivity index (χ3n) is 3.41. The van der Waals surface area contributed by atoms with Gasteiger partial charge in [0.1, 0.15) is 6.54 Å². The van der Waals surface area contributed by atoms with Gasteiger partial charge >= 0.3 is 5.97 Å². The molecule has 3 aromatic rings. The van der Waals surface area contributed by atoms with Crippen molar-refractivity contribution in [3.8, 4) is 0 Å². The first-order chi connectivity index (χ1) is 12.4. The van der Waals surface area contributed by atoms with Crippen molar-refractivity contribution >= 4 is 40.8 Å². The molecule has 0 saturated carbocycles. The van der Waals surface area contributed by atoms with Crippen LogP contribution >= 0.6 is 23.2 Å². The Kier molecular flexibility index (Phi) is 5.24. The van der Waals surface area contributed by atoms with Crippen LogP contribution in [-0.2, 0) is 17.9 Å². The predicted octanol–water partition coefficient (Wildman–Crippen LogP) is 2.77. The quantitative estimate of drug-likeness (QED) is 0.670. The van der Waals surface area contributed by atoms with Gasteiger partial charge in [-0.25, -0.2) is 0 Å². The molecule has 8 nitrogen and oxygen atoms in total. The fourth-order valence-corrected chi connectivity index (χ4v) is 2.71. The smallest absolute Gasteiger partial charge is 0.325 e. The number of aliphatic carboxylic acids is 1. The number of carbonyl (C=O) groups excluding carboxylic acids is 1. The van der Waals surface area contributed by atoms with Crippen LogP contribution in [0.3, 0.4) is 0 Å². The lowest BCUT2D eigenvalue weighted by molar-refractivity contribution is -0.137. The number of carbonyl (C=O) groups is 2. The Hall–Kier alpha value is -2.84. The molecule has 0 fully saturated rings. The summed E-state index contributed by atoms with van der Waals surface area (Å²) in [4.78, 5) is 22.8. The number of amides is 1. The van der Waals surface area contributed by atoms with Crippen LogP contribution in [0, 0.1) is 0 Å². The molecular formula is C16H13Cl2N5O3. The van der Waals surface area contributed by atoms with E-state index in [4.69, 9.17) is 28.3 Å². The molecule has 0 bridgehead atoms. The number of rotatable bonds is 6. The van der Waals surface area contributed by atoms with Gasteiger partial charge in [0.2, 0.25) is 0 Å². The van der Waals surface area contributed by atoms with Gasteiger partial charge in [-0.1, -0.05) is 29.3 Å². The van der Waals surface area contributed by atoms with E-state index in [1.54, 1.807) is 29.1 Å². The molecule has 1 aromatic carbocycles. The van der Waals surface area contributed by atoms with Crippen LogP contribution < -0.4 is 5.32 Å². The number of hydrogen-bond donors (Lipinski definition) is 2. The number of carboxylic acids is 1. The summed E-state index contributed by atoms with van der Waals surface area (Å²) in [6, 6.07) is 6.64. The van der Waals surface area contributed by atoms with Crippen molar-refractivity contribution in [3.63, 3.8) is 0 Å². The monoisotopic (exact) mass is 393 g/mol. The van der Waals surface area contributed by atoms with E-state index in [0.29, 0.717) is 22.3 Å². The van der Waals surface area contributed by atoms with E-state index in [2.05, 4.69) is 15.5 Å². The van der Waals surface area contributed by atoms with E-state index in [9.17, 15) is 9.59 Å². The molecule has 0 aliphatic rings. The molecule has 1 amide bonds. The molecule has 26 heavy (non-hydrogen) atoms. The minimum absolute atomic E-state index is 0.111. The first-order valence-electron chi connectivity index (χ1n) is 7.43. The van der Waals surface area contributed by atoms with Gasteiger partial charge in [0.15, 0.2) is 5.69 Å². The lowest BCUT2D eigenvalue weighted by Crippen LogP contribution is -2.14. The molecule has 3 rings (SSSR count). The third-order valence-corrected chi connectivity index (χ3v) is 4.00. The van der Waals surface area contributed by atoms with Crippen molar-refractivity contribution in [3.05, 3.63) is 64.2 Å². The predicted molar refractivity (Wildman–Crippen MR) is 95.6 cm³/mol. The SMILES string of the molecule is O=C(O)Cn1ccc(C(=O)Nc2cnn(Cc3ccc(Cl)cc3Cl)c2)n1. The van der Waals surface area contributed by atoms with Crippen LogP contribution in [0.4, 0.5) is 5.69 Å². The lowest BCUT2D eigenvalue weighted by atomic mass is 10.2. The number of carboxylic acid groups (broad SMARTS) is 1. The zero-order valence-electron chi connectivity index (χ0n) is 13.3. The summed E-state index contributed by atoms with van der Waals surface area (Å²) in [5.41, 5.74) is 1.43. The molecule has 0 aliphatic heterocycles. The van der Waals surface area contributed by atoms with E-state index in [1.807, 2.05) is 0 Å².